The van der Waals surface area contributed by atoms with Gasteiger partial charge in [-0.2, -0.15) is 0 Å². The van der Waals surface area contributed by atoms with E-state index in [4.69, 9.17) is 4.74 Å². The minimum absolute atomic E-state index is 0.511. The predicted octanol–water partition coefficient (Wildman–Crippen LogP) is 2.10. The first kappa shape index (κ1) is 14.7. The van der Waals surface area contributed by atoms with Gasteiger partial charge in [-0.05, 0) is 31.4 Å². The second-order valence-electron chi connectivity index (χ2n) is 4.68. The second-order valence-corrected chi connectivity index (χ2v) is 5.96. The molecule has 0 spiro atoms. The van der Waals surface area contributed by atoms with Crippen molar-refractivity contribution in [3.63, 3.8) is 0 Å². The Kier molecular flexibility index (Phi) is 4.89. The zero-order valence-corrected chi connectivity index (χ0v) is 12.8. The highest BCUT2D eigenvalue weighted by molar-refractivity contribution is 7.84. The standard InChI is InChI=1S/C14H19N3O2S/c1-11-6-4-7-12(2)13(11)19-9-5-8-17-10-15-16-14(17)20(3)18/h4,6-7,10H,5,8-9H2,1-3H3. The lowest BCUT2D eigenvalue weighted by atomic mass is 10.1. The van der Waals surface area contributed by atoms with E-state index in [1.165, 1.54) is 0 Å². The molecular weight excluding hydrogens is 274 g/mol. The SMILES string of the molecule is Cc1cccc(C)c1OCCCn1cnnc1S(C)=O. The van der Waals surface area contributed by atoms with Gasteiger partial charge in [0.05, 0.1) is 17.4 Å². The van der Waals surface area contributed by atoms with E-state index in [1.807, 2.05) is 36.6 Å². The van der Waals surface area contributed by atoms with Gasteiger partial charge in [0.15, 0.2) is 0 Å². The molecule has 20 heavy (non-hydrogen) atoms. The van der Waals surface area contributed by atoms with E-state index in [1.54, 1.807) is 12.6 Å². The number of benzene rings is 1. The topological polar surface area (TPSA) is 57.0 Å². The Balaban J connectivity index is 1.88. The molecule has 108 valence electrons. The second kappa shape index (κ2) is 6.65. The third-order valence-electron chi connectivity index (χ3n) is 3.04. The number of aromatic nitrogens is 3. The molecule has 1 atom stereocenters. The lowest BCUT2D eigenvalue weighted by Crippen LogP contribution is -2.08. The first-order valence-electron chi connectivity index (χ1n) is 6.50. The highest BCUT2D eigenvalue weighted by Gasteiger charge is 2.08. The van der Waals surface area contributed by atoms with E-state index >= 15 is 0 Å². The summed E-state index contributed by atoms with van der Waals surface area (Å²) >= 11 is 0. The van der Waals surface area contributed by atoms with Crippen molar-refractivity contribution in [3.05, 3.63) is 35.7 Å². The Morgan fingerprint density at radius 2 is 2.00 bits per heavy atom. The fourth-order valence-electron chi connectivity index (χ4n) is 2.06. The molecule has 0 aliphatic carbocycles. The van der Waals surface area contributed by atoms with Gasteiger partial charge in [-0.1, -0.05) is 18.2 Å². The summed E-state index contributed by atoms with van der Waals surface area (Å²) in [6, 6.07) is 6.11. The highest BCUT2D eigenvalue weighted by atomic mass is 32.2. The van der Waals surface area contributed by atoms with E-state index in [9.17, 15) is 4.21 Å². The van der Waals surface area contributed by atoms with E-state index in [2.05, 4.69) is 10.2 Å². The van der Waals surface area contributed by atoms with Gasteiger partial charge in [0.25, 0.3) is 0 Å². The van der Waals surface area contributed by atoms with Crippen molar-refractivity contribution in [1.29, 1.82) is 0 Å². The van der Waals surface area contributed by atoms with Crippen LogP contribution >= 0.6 is 0 Å². The quantitative estimate of drug-likeness (QED) is 0.765. The molecule has 5 nitrogen and oxygen atoms in total. The summed E-state index contributed by atoms with van der Waals surface area (Å²) in [6.45, 7) is 5.40. The van der Waals surface area contributed by atoms with E-state index in [-0.39, 0.29) is 0 Å². The molecule has 2 aromatic rings. The minimum Gasteiger partial charge on any atom is -0.493 e. The smallest absolute Gasteiger partial charge is 0.221 e. The van der Waals surface area contributed by atoms with Crippen LogP contribution in [0, 0.1) is 13.8 Å². The molecular formula is C14H19N3O2S. The Morgan fingerprint density at radius 3 is 2.65 bits per heavy atom. The summed E-state index contributed by atoms with van der Waals surface area (Å²) < 4.78 is 19.1. The van der Waals surface area contributed by atoms with Crippen LogP contribution in [0.5, 0.6) is 5.75 Å². The Labute approximate surface area is 121 Å². The molecule has 0 aliphatic rings. The molecule has 0 saturated carbocycles. The maximum atomic E-state index is 11.4. The van der Waals surface area contributed by atoms with Gasteiger partial charge >= 0.3 is 0 Å². The van der Waals surface area contributed by atoms with Crippen LogP contribution in [-0.4, -0.2) is 31.8 Å². The van der Waals surface area contributed by atoms with Gasteiger partial charge in [0, 0.05) is 12.8 Å². The number of hydrogen-bond donors (Lipinski definition) is 0. The van der Waals surface area contributed by atoms with Gasteiger partial charge in [-0.3, -0.25) is 4.21 Å². The van der Waals surface area contributed by atoms with Crippen LogP contribution in [-0.2, 0) is 17.3 Å². The molecule has 0 radical (unpaired) electrons. The number of rotatable bonds is 6. The van der Waals surface area contributed by atoms with Crippen LogP contribution in [0.15, 0.2) is 29.7 Å². The molecule has 1 aromatic heterocycles. The van der Waals surface area contributed by atoms with Crippen LogP contribution in [0.3, 0.4) is 0 Å². The van der Waals surface area contributed by atoms with Gasteiger partial charge in [-0.25, -0.2) is 0 Å². The molecule has 0 fully saturated rings. The number of ether oxygens (including phenoxy) is 1. The number of hydrogen-bond acceptors (Lipinski definition) is 4. The number of para-hydroxylation sites is 1. The molecule has 0 aliphatic heterocycles. The lowest BCUT2D eigenvalue weighted by molar-refractivity contribution is 0.296. The van der Waals surface area contributed by atoms with Crippen LogP contribution in [0.25, 0.3) is 0 Å². The number of nitrogens with zero attached hydrogens (tertiary/aromatic N) is 3. The van der Waals surface area contributed by atoms with Crippen LogP contribution in [0.4, 0.5) is 0 Å². The van der Waals surface area contributed by atoms with Crippen molar-refractivity contribution < 1.29 is 8.95 Å². The molecule has 0 N–H and O–H groups in total. The summed E-state index contributed by atoms with van der Waals surface area (Å²) in [7, 11) is -1.11. The maximum Gasteiger partial charge on any atom is 0.221 e. The van der Waals surface area contributed by atoms with Crippen molar-refractivity contribution >= 4 is 10.8 Å². The fourth-order valence-corrected chi connectivity index (χ4v) is 2.69. The van der Waals surface area contributed by atoms with Gasteiger partial charge in [-0.15, -0.1) is 10.2 Å². The lowest BCUT2D eigenvalue weighted by Gasteiger charge is -2.12. The number of aryl methyl sites for hydroxylation is 3. The monoisotopic (exact) mass is 293 g/mol. The van der Waals surface area contributed by atoms with Gasteiger partial charge in [0.1, 0.15) is 12.1 Å². The average molecular weight is 293 g/mol. The predicted molar refractivity (Wildman–Crippen MR) is 78.4 cm³/mol. The first-order chi connectivity index (χ1) is 9.59. The van der Waals surface area contributed by atoms with Crippen molar-refractivity contribution in [2.75, 3.05) is 12.9 Å². The summed E-state index contributed by atoms with van der Waals surface area (Å²) in [4.78, 5) is 0. The van der Waals surface area contributed by atoms with E-state index < -0.39 is 10.8 Å². The highest BCUT2D eigenvalue weighted by Crippen LogP contribution is 2.22. The average Bonchev–Trinajstić information content (AvgIpc) is 2.86. The van der Waals surface area contributed by atoms with E-state index in [0.717, 1.165) is 23.3 Å². The molecule has 0 bridgehead atoms. The zero-order valence-electron chi connectivity index (χ0n) is 12.0. The summed E-state index contributed by atoms with van der Waals surface area (Å²) in [5.74, 6) is 0.954. The molecule has 1 unspecified atom stereocenters. The summed E-state index contributed by atoms with van der Waals surface area (Å²) in [5, 5.41) is 8.15. The normalized spacial score (nSPS) is 12.3. The maximum absolute atomic E-state index is 11.4. The van der Waals surface area contributed by atoms with Crippen molar-refractivity contribution in [2.24, 2.45) is 0 Å². The molecule has 2 rings (SSSR count). The summed E-state index contributed by atoms with van der Waals surface area (Å²) in [5.41, 5.74) is 2.29. The Hall–Kier alpha value is -1.69. The fraction of sp³-hybridized carbons (Fsp3) is 0.429. The Bertz CT molecular complexity index is 590. The molecule has 0 saturated heterocycles. The van der Waals surface area contributed by atoms with Crippen LogP contribution < -0.4 is 4.74 Å². The van der Waals surface area contributed by atoms with E-state index in [0.29, 0.717) is 18.3 Å². The van der Waals surface area contributed by atoms with Crippen molar-refractivity contribution in [2.45, 2.75) is 32.0 Å². The van der Waals surface area contributed by atoms with Crippen molar-refractivity contribution in [1.82, 2.24) is 14.8 Å². The Morgan fingerprint density at radius 1 is 1.30 bits per heavy atom. The summed E-state index contributed by atoms with van der Waals surface area (Å²) in [6.07, 6.45) is 4.03. The third-order valence-corrected chi connectivity index (χ3v) is 3.87. The van der Waals surface area contributed by atoms with Crippen LogP contribution in [0.2, 0.25) is 0 Å². The minimum atomic E-state index is -1.11. The van der Waals surface area contributed by atoms with Crippen LogP contribution in [0.1, 0.15) is 17.5 Å². The molecule has 0 amide bonds. The zero-order chi connectivity index (χ0) is 14.5. The molecule has 6 heteroatoms. The first-order valence-corrected chi connectivity index (χ1v) is 8.05. The largest absolute Gasteiger partial charge is 0.493 e. The van der Waals surface area contributed by atoms with Gasteiger partial charge in [0.2, 0.25) is 5.16 Å². The molecule has 1 aromatic carbocycles. The molecule has 1 heterocycles. The van der Waals surface area contributed by atoms with Crippen molar-refractivity contribution in [3.8, 4) is 5.75 Å². The third kappa shape index (κ3) is 3.45. The van der Waals surface area contributed by atoms with Gasteiger partial charge < -0.3 is 9.30 Å².